The van der Waals surface area contributed by atoms with Gasteiger partial charge in [-0.1, -0.05) is 42.5 Å². The molecule has 1 atom stereocenters. The van der Waals surface area contributed by atoms with Gasteiger partial charge in [0.15, 0.2) is 5.96 Å². The maximum atomic E-state index is 13.8. The zero-order valence-corrected chi connectivity index (χ0v) is 19.1. The van der Waals surface area contributed by atoms with E-state index >= 15 is 0 Å². The summed E-state index contributed by atoms with van der Waals surface area (Å²) in [4.78, 5) is 6.66. The lowest BCUT2D eigenvalue weighted by atomic mass is 10.0. The van der Waals surface area contributed by atoms with Gasteiger partial charge in [0.1, 0.15) is 5.82 Å². The van der Waals surface area contributed by atoms with Crippen LogP contribution in [0, 0.1) is 5.82 Å². The zero-order valence-electron chi connectivity index (χ0n) is 16.8. The second-order valence-electron chi connectivity index (χ2n) is 6.83. The Morgan fingerprint density at radius 2 is 1.86 bits per heavy atom. The van der Waals surface area contributed by atoms with E-state index in [0.29, 0.717) is 19.8 Å². The van der Waals surface area contributed by atoms with E-state index < -0.39 is 0 Å². The van der Waals surface area contributed by atoms with Gasteiger partial charge in [0, 0.05) is 33.2 Å². The van der Waals surface area contributed by atoms with Crippen molar-refractivity contribution in [1.29, 1.82) is 0 Å². The summed E-state index contributed by atoms with van der Waals surface area (Å²) in [5.41, 5.74) is 2.26. The predicted molar refractivity (Wildman–Crippen MR) is 126 cm³/mol. The largest absolute Gasteiger partial charge is 0.379 e. The molecule has 3 rings (SSSR count). The Hall–Kier alpha value is -1.71. The lowest BCUT2D eigenvalue weighted by Gasteiger charge is -2.35. The van der Waals surface area contributed by atoms with Crippen molar-refractivity contribution < 1.29 is 9.13 Å². The number of morpholine rings is 1. The highest BCUT2D eigenvalue weighted by atomic mass is 127. The molecule has 1 aliphatic rings. The molecule has 158 valence electrons. The predicted octanol–water partition coefficient (Wildman–Crippen LogP) is 3.22. The molecule has 2 aromatic carbocycles. The van der Waals surface area contributed by atoms with E-state index in [1.807, 2.05) is 24.3 Å². The number of guanidine groups is 1. The summed E-state index contributed by atoms with van der Waals surface area (Å²) < 4.78 is 19.3. The number of rotatable bonds is 7. The minimum Gasteiger partial charge on any atom is -0.379 e. The SMILES string of the molecule is CN=C(NCCc1ccccc1)NCC(c1cccc(F)c1)N1CCOCC1.I. The highest BCUT2D eigenvalue weighted by Crippen LogP contribution is 2.22. The molecule has 0 spiro atoms. The van der Waals surface area contributed by atoms with Crippen LogP contribution in [-0.4, -0.2) is 57.3 Å². The van der Waals surface area contributed by atoms with Gasteiger partial charge in [-0.05, 0) is 29.7 Å². The number of ether oxygens (including phenoxy) is 1. The van der Waals surface area contributed by atoms with Gasteiger partial charge >= 0.3 is 0 Å². The van der Waals surface area contributed by atoms with Gasteiger partial charge in [0.2, 0.25) is 0 Å². The van der Waals surface area contributed by atoms with Crippen LogP contribution in [0.15, 0.2) is 59.6 Å². The first-order valence-corrected chi connectivity index (χ1v) is 9.82. The summed E-state index contributed by atoms with van der Waals surface area (Å²) in [5, 5.41) is 6.77. The second kappa shape index (κ2) is 12.8. The number of benzene rings is 2. The highest BCUT2D eigenvalue weighted by molar-refractivity contribution is 14.0. The van der Waals surface area contributed by atoms with Crippen molar-refractivity contribution in [2.45, 2.75) is 12.5 Å². The third-order valence-corrected chi connectivity index (χ3v) is 4.96. The number of aliphatic imine (C=N–C) groups is 1. The number of nitrogens with one attached hydrogen (secondary N) is 2. The van der Waals surface area contributed by atoms with Crippen molar-refractivity contribution in [3.05, 3.63) is 71.5 Å². The fourth-order valence-corrected chi connectivity index (χ4v) is 3.44. The molecular weight excluding hydrogens is 482 g/mol. The highest BCUT2D eigenvalue weighted by Gasteiger charge is 2.23. The monoisotopic (exact) mass is 512 g/mol. The second-order valence-corrected chi connectivity index (χ2v) is 6.83. The van der Waals surface area contributed by atoms with E-state index in [4.69, 9.17) is 4.74 Å². The molecule has 0 aromatic heterocycles. The van der Waals surface area contributed by atoms with Gasteiger partial charge in [-0.3, -0.25) is 9.89 Å². The van der Waals surface area contributed by atoms with Gasteiger partial charge in [0.05, 0.1) is 19.3 Å². The van der Waals surface area contributed by atoms with Gasteiger partial charge in [-0.15, -0.1) is 24.0 Å². The Balaban J connectivity index is 0.00000300. The molecular formula is C22H30FIN4O. The molecule has 0 radical (unpaired) electrons. The number of hydrogen-bond acceptors (Lipinski definition) is 3. The van der Waals surface area contributed by atoms with Crippen LogP contribution in [0.2, 0.25) is 0 Å². The Bertz CT molecular complexity index is 753. The molecule has 2 N–H and O–H groups in total. The van der Waals surface area contributed by atoms with E-state index in [-0.39, 0.29) is 35.8 Å². The molecule has 1 fully saturated rings. The normalized spacial score (nSPS) is 16.0. The van der Waals surface area contributed by atoms with Gasteiger partial charge < -0.3 is 15.4 Å². The first-order chi connectivity index (χ1) is 13.8. The van der Waals surface area contributed by atoms with E-state index in [1.54, 1.807) is 19.2 Å². The molecule has 5 nitrogen and oxygen atoms in total. The summed E-state index contributed by atoms with van der Waals surface area (Å²) in [7, 11) is 1.77. The molecule has 1 saturated heterocycles. The Morgan fingerprint density at radius 1 is 1.10 bits per heavy atom. The standard InChI is InChI=1S/C22H29FN4O.HI/c1-24-22(25-11-10-18-6-3-2-4-7-18)26-17-21(27-12-14-28-15-13-27)19-8-5-9-20(23)16-19;/h2-9,16,21H,10-15,17H2,1H3,(H2,24,25,26);1H. The van der Waals surface area contributed by atoms with E-state index in [2.05, 4.69) is 32.7 Å². The first-order valence-electron chi connectivity index (χ1n) is 9.82. The summed E-state index contributed by atoms with van der Waals surface area (Å²) in [6.45, 7) is 4.53. The van der Waals surface area contributed by atoms with Crippen LogP contribution in [0.5, 0.6) is 0 Å². The quantitative estimate of drug-likeness (QED) is 0.340. The summed E-state index contributed by atoms with van der Waals surface area (Å²) in [6, 6.07) is 17.3. The van der Waals surface area contributed by atoms with E-state index in [0.717, 1.165) is 37.6 Å². The smallest absolute Gasteiger partial charge is 0.191 e. The molecule has 7 heteroatoms. The van der Waals surface area contributed by atoms with Crippen LogP contribution in [0.1, 0.15) is 17.2 Å². The maximum absolute atomic E-state index is 13.8. The molecule has 0 bridgehead atoms. The lowest BCUT2D eigenvalue weighted by Crippen LogP contribution is -2.46. The summed E-state index contributed by atoms with van der Waals surface area (Å²) >= 11 is 0. The third-order valence-electron chi connectivity index (χ3n) is 4.96. The van der Waals surface area contributed by atoms with Crippen LogP contribution in [0.3, 0.4) is 0 Å². The number of nitrogens with zero attached hydrogens (tertiary/aromatic N) is 2. The van der Waals surface area contributed by atoms with Crippen molar-refractivity contribution in [2.24, 2.45) is 4.99 Å². The van der Waals surface area contributed by atoms with Crippen molar-refractivity contribution in [2.75, 3.05) is 46.4 Å². The maximum Gasteiger partial charge on any atom is 0.191 e. The molecule has 1 unspecified atom stereocenters. The average molecular weight is 512 g/mol. The zero-order chi connectivity index (χ0) is 19.6. The van der Waals surface area contributed by atoms with Crippen LogP contribution in [-0.2, 0) is 11.2 Å². The van der Waals surface area contributed by atoms with Crippen LogP contribution in [0.25, 0.3) is 0 Å². The van der Waals surface area contributed by atoms with E-state index in [1.165, 1.54) is 11.6 Å². The van der Waals surface area contributed by atoms with Crippen LogP contribution in [0.4, 0.5) is 4.39 Å². The number of hydrogen-bond donors (Lipinski definition) is 2. The first kappa shape index (κ1) is 23.6. The summed E-state index contributed by atoms with van der Waals surface area (Å²) in [5.74, 6) is 0.548. The van der Waals surface area contributed by atoms with Gasteiger partial charge in [-0.2, -0.15) is 0 Å². The Kier molecular flexibility index (Phi) is 10.4. The summed E-state index contributed by atoms with van der Waals surface area (Å²) in [6.07, 6.45) is 0.929. The van der Waals surface area contributed by atoms with Crippen molar-refractivity contribution in [3.8, 4) is 0 Å². The fourth-order valence-electron chi connectivity index (χ4n) is 3.44. The Morgan fingerprint density at radius 3 is 2.55 bits per heavy atom. The minimum atomic E-state index is -0.207. The molecule has 0 aliphatic carbocycles. The van der Waals surface area contributed by atoms with Crippen LogP contribution < -0.4 is 10.6 Å². The molecule has 0 amide bonds. The topological polar surface area (TPSA) is 48.9 Å². The molecule has 2 aromatic rings. The fraction of sp³-hybridized carbons (Fsp3) is 0.409. The third kappa shape index (κ3) is 7.56. The van der Waals surface area contributed by atoms with E-state index in [9.17, 15) is 4.39 Å². The van der Waals surface area contributed by atoms with Gasteiger partial charge in [0.25, 0.3) is 0 Å². The lowest BCUT2D eigenvalue weighted by molar-refractivity contribution is 0.0169. The molecule has 0 saturated carbocycles. The Labute approximate surface area is 189 Å². The molecule has 1 heterocycles. The average Bonchev–Trinajstić information content (AvgIpc) is 2.74. The van der Waals surface area contributed by atoms with Crippen molar-refractivity contribution in [3.63, 3.8) is 0 Å². The van der Waals surface area contributed by atoms with Gasteiger partial charge in [-0.25, -0.2) is 4.39 Å². The van der Waals surface area contributed by atoms with Crippen LogP contribution >= 0.6 is 24.0 Å². The minimum absolute atomic E-state index is 0. The molecule has 29 heavy (non-hydrogen) atoms. The van der Waals surface area contributed by atoms with Crippen molar-refractivity contribution >= 4 is 29.9 Å². The number of halogens is 2. The van der Waals surface area contributed by atoms with Crippen molar-refractivity contribution in [1.82, 2.24) is 15.5 Å². The molecule has 1 aliphatic heterocycles.